The van der Waals surface area contributed by atoms with Gasteiger partial charge in [0.1, 0.15) is 5.58 Å². The first-order valence-electron chi connectivity index (χ1n) is 4.41. The van der Waals surface area contributed by atoms with Crippen molar-refractivity contribution >= 4 is 34.1 Å². The van der Waals surface area contributed by atoms with E-state index in [2.05, 4.69) is 0 Å². The minimum atomic E-state index is 0.367. The van der Waals surface area contributed by atoms with E-state index < -0.39 is 0 Å². The SMILES string of the molecule is CC.Nc1cc2cc(N)c(Cl)cc2o1. The maximum absolute atomic E-state index is 5.77. The Labute approximate surface area is 87.6 Å². The monoisotopic (exact) mass is 212 g/mol. The lowest BCUT2D eigenvalue weighted by atomic mass is 10.2. The van der Waals surface area contributed by atoms with E-state index in [0.29, 0.717) is 22.2 Å². The van der Waals surface area contributed by atoms with E-state index in [4.69, 9.17) is 27.5 Å². The average Bonchev–Trinajstić information content (AvgIpc) is 2.49. The summed E-state index contributed by atoms with van der Waals surface area (Å²) in [6.07, 6.45) is 0. The van der Waals surface area contributed by atoms with Crippen LogP contribution in [0.1, 0.15) is 13.8 Å². The van der Waals surface area contributed by atoms with Crippen molar-refractivity contribution in [2.45, 2.75) is 13.8 Å². The first kappa shape index (κ1) is 10.7. The molecule has 4 heteroatoms. The third-order valence-electron chi connectivity index (χ3n) is 1.65. The molecule has 1 aromatic carbocycles. The Bertz CT molecular complexity index is 398. The molecule has 0 spiro atoms. The number of halogens is 1. The molecule has 1 aromatic heterocycles. The fourth-order valence-electron chi connectivity index (χ4n) is 1.10. The Hall–Kier alpha value is -1.35. The van der Waals surface area contributed by atoms with Crippen molar-refractivity contribution in [3.05, 3.63) is 23.2 Å². The quantitative estimate of drug-likeness (QED) is 0.659. The van der Waals surface area contributed by atoms with Crippen LogP contribution >= 0.6 is 11.6 Å². The third kappa shape index (κ3) is 1.93. The number of anilines is 2. The Kier molecular flexibility index (Phi) is 3.25. The molecule has 0 atom stereocenters. The Morgan fingerprint density at radius 3 is 2.43 bits per heavy atom. The second kappa shape index (κ2) is 4.24. The first-order chi connectivity index (χ1) is 6.66. The molecule has 0 radical (unpaired) electrons. The van der Waals surface area contributed by atoms with Gasteiger partial charge in [0.05, 0.1) is 10.7 Å². The van der Waals surface area contributed by atoms with Gasteiger partial charge in [-0.2, -0.15) is 0 Å². The van der Waals surface area contributed by atoms with Crippen LogP contribution in [0.25, 0.3) is 11.0 Å². The summed E-state index contributed by atoms with van der Waals surface area (Å²) < 4.78 is 5.14. The number of fused-ring (bicyclic) bond motifs is 1. The minimum Gasteiger partial charge on any atom is -0.441 e. The summed E-state index contributed by atoms with van der Waals surface area (Å²) in [6, 6.07) is 5.10. The molecule has 4 N–H and O–H groups in total. The van der Waals surface area contributed by atoms with Crippen LogP contribution < -0.4 is 11.5 Å². The van der Waals surface area contributed by atoms with Gasteiger partial charge in [0, 0.05) is 17.5 Å². The number of furan rings is 1. The van der Waals surface area contributed by atoms with Crippen molar-refractivity contribution in [2.75, 3.05) is 11.5 Å². The van der Waals surface area contributed by atoms with Crippen LogP contribution in [0.4, 0.5) is 11.6 Å². The molecule has 0 bridgehead atoms. The summed E-state index contributed by atoms with van der Waals surface area (Å²) in [7, 11) is 0. The number of nitrogen functional groups attached to an aromatic ring is 2. The van der Waals surface area contributed by atoms with Crippen molar-refractivity contribution in [1.82, 2.24) is 0 Å². The molecule has 0 saturated heterocycles. The molecule has 0 aliphatic rings. The van der Waals surface area contributed by atoms with E-state index in [9.17, 15) is 0 Å². The first-order valence-corrected chi connectivity index (χ1v) is 4.78. The number of hydrogen-bond donors (Lipinski definition) is 2. The molecule has 0 aliphatic heterocycles. The van der Waals surface area contributed by atoms with Crippen LogP contribution in [-0.2, 0) is 0 Å². The molecule has 0 unspecified atom stereocenters. The van der Waals surface area contributed by atoms with Gasteiger partial charge < -0.3 is 15.9 Å². The molecule has 0 amide bonds. The second-order valence-electron chi connectivity index (χ2n) is 2.56. The second-order valence-corrected chi connectivity index (χ2v) is 2.97. The van der Waals surface area contributed by atoms with E-state index in [0.717, 1.165) is 5.39 Å². The molecule has 1 heterocycles. The zero-order chi connectivity index (χ0) is 10.7. The van der Waals surface area contributed by atoms with Gasteiger partial charge in [0.15, 0.2) is 5.88 Å². The molecule has 76 valence electrons. The summed E-state index contributed by atoms with van der Waals surface area (Å²) in [5.74, 6) is 0.367. The topological polar surface area (TPSA) is 65.2 Å². The van der Waals surface area contributed by atoms with Crippen LogP contribution in [0.15, 0.2) is 22.6 Å². The van der Waals surface area contributed by atoms with Gasteiger partial charge in [-0.3, -0.25) is 0 Å². The number of rotatable bonds is 0. The van der Waals surface area contributed by atoms with Crippen molar-refractivity contribution in [3.8, 4) is 0 Å². The predicted molar refractivity (Wildman–Crippen MR) is 61.4 cm³/mol. The summed E-state index contributed by atoms with van der Waals surface area (Å²) in [4.78, 5) is 0. The van der Waals surface area contributed by atoms with Gasteiger partial charge in [-0.1, -0.05) is 25.4 Å². The summed E-state index contributed by atoms with van der Waals surface area (Å²) in [5, 5.41) is 1.35. The van der Waals surface area contributed by atoms with E-state index in [1.54, 1.807) is 18.2 Å². The van der Waals surface area contributed by atoms with E-state index >= 15 is 0 Å². The Morgan fingerprint density at radius 1 is 1.14 bits per heavy atom. The molecule has 2 aromatic rings. The van der Waals surface area contributed by atoms with Crippen molar-refractivity contribution in [3.63, 3.8) is 0 Å². The van der Waals surface area contributed by atoms with Gasteiger partial charge in [0.25, 0.3) is 0 Å². The normalized spacial score (nSPS) is 9.64. The minimum absolute atomic E-state index is 0.367. The largest absolute Gasteiger partial charge is 0.441 e. The predicted octanol–water partition coefficient (Wildman–Crippen LogP) is 3.28. The van der Waals surface area contributed by atoms with Crippen LogP contribution in [0, 0.1) is 0 Å². The fourth-order valence-corrected chi connectivity index (χ4v) is 1.25. The van der Waals surface area contributed by atoms with Crippen LogP contribution in [0.5, 0.6) is 0 Å². The molecular weight excluding hydrogens is 200 g/mol. The molecule has 2 rings (SSSR count). The molecule has 0 aliphatic carbocycles. The summed E-state index contributed by atoms with van der Waals surface area (Å²) in [5.41, 5.74) is 12.2. The van der Waals surface area contributed by atoms with Crippen LogP contribution in [-0.4, -0.2) is 0 Å². The lowest BCUT2D eigenvalue weighted by molar-refractivity contribution is 0.637. The van der Waals surface area contributed by atoms with Gasteiger partial charge in [-0.05, 0) is 6.07 Å². The van der Waals surface area contributed by atoms with Crippen molar-refractivity contribution < 1.29 is 4.42 Å². The average molecular weight is 213 g/mol. The molecule has 14 heavy (non-hydrogen) atoms. The highest BCUT2D eigenvalue weighted by Gasteiger charge is 2.03. The van der Waals surface area contributed by atoms with Gasteiger partial charge in [-0.25, -0.2) is 0 Å². The maximum Gasteiger partial charge on any atom is 0.191 e. The smallest absolute Gasteiger partial charge is 0.191 e. The van der Waals surface area contributed by atoms with Gasteiger partial charge >= 0.3 is 0 Å². The Morgan fingerprint density at radius 2 is 1.79 bits per heavy atom. The van der Waals surface area contributed by atoms with Gasteiger partial charge in [-0.15, -0.1) is 0 Å². The maximum atomic E-state index is 5.77. The molecule has 0 saturated carbocycles. The van der Waals surface area contributed by atoms with Crippen LogP contribution in [0.2, 0.25) is 5.02 Å². The molecule has 3 nitrogen and oxygen atoms in total. The van der Waals surface area contributed by atoms with E-state index in [1.807, 2.05) is 13.8 Å². The fraction of sp³-hybridized carbons (Fsp3) is 0.200. The summed E-state index contributed by atoms with van der Waals surface area (Å²) in [6.45, 7) is 4.00. The van der Waals surface area contributed by atoms with Crippen molar-refractivity contribution in [2.24, 2.45) is 0 Å². The number of benzene rings is 1. The van der Waals surface area contributed by atoms with Gasteiger partial charge in [0.2, 0.25) is 0 Å². The third-order valence-corrected chi connectivity index (χ3v) is 1.98. The zero-order valence-corrected chi connectivity index (χ0v) is 8.93. The lowest BCUT2D eigenvalue weighted by Gasteiger charge is -1.95. The van der Waals surface area contributed by atoms with Crippen molar-refractivity contribution in [1.29, 1.82) is 0 Å². The summed E-state index contributed by atoms with van der Waals surface area (Å²) >= 11 is 5.77. The van der Waals surface area contributed by atoms with E-state index in [1.165, 1.54) is 0 Å². The highest BCUT2D eigenvalue weighted by molar-refractivity contribution is 6.33. The highest BCUT2D eigenvalue weighted by atomic mass is 35.5. The standard InChI is InChI=1S/C8H7ClN2O.C2H6/c9-5-3-7-4(1-6(5)10)2-8(11)12-7;1-2/h1-3H,10-11H2;1-2H3. The lowest BCUT2D eigenvalue weighted by Crippen LogP contribution is -1.84. The number of nitrogens with two attached hydrogens (primary N) is 2. The van der Waals surface area contributed by atoms with E-state index in [-0.39, 0.29) is 0 Å². The molecule has 0 fully saturated rings. The Balaban J connectivity index is 0.000000461. The van der Waals surface area contributed by atoms with Crippen LogP contribution in [0.3, 0.4) is 0 Å². The number of hydrogen-bond acceptors (Lipinski definition) is 3. The zero-order valence-electron chi connectivity index (χ0n) is 8.17. The molecular formula is C10H13ClN2O. The highest BCUT2D eigenvalue weighted by Crippen LogP contribution is 2.28.